The van der Waals surface area contributed by atoms with Crippen molar-refractivity contribution in [2.24, 2.45) is 5.92 Å². The molecule has 0 spiro atoms. The number of anilines is 1. The van der Waals surface area contributed by atoms with Gasteiger partial charge >= 0.3 is 5.97 Å². The van der Waals surface area contributed by atoms with Crippen molar-refractivity contribution in [2.75, 3.05) is 31.1 Å². The second-order valence-corrected chi connectivity index (χ2v) is 13.6. The first-order valence-electron chi connectivity index (χ1n) is 16.2. The SMILES string of the molecule is C.O=C(O)c1ccc2c(C3CCCCC3)c3n(c2c1)CCN(CC[C@@H]1CCCN(C2CCCC2)C1)c1cc(Cl)ccc1-3. The van der Waals surface area contributed by atoms with E-state index in [0.717, 1.165) is 42.1 Å². The van der Waals surface area contributed by atoms with Gasteiger partial charge in [-0.2, -0.15) is 0 Å². The number of hydrogen-bond donors (Lipinski definition) is 1. The smallest absolute Gasteiger partial charge is 0.335 e. The molecule has 3 fully saturated rings. The predicted octanol–water partition coefficient (Wildman–Crippen LogP) is 9.21. The van der Waals surface area contributed by atoms with Crippen LogP contribution in [0.5, 0.6) is 0 Å². The summed E-state index contributed by atoms with van der Waals surface area (Å²) in [6.07, 6.45) is 15.7. The molecule has 0 unspecified atom stereocenters. The number of rotatable bonds is 6. The summed E-state index contributed by atoms with van der Waals surface area (Å²) in [7, 11) is 0. The van der Waals surface area contributed by atoms with Gasteiger partial charge in [-0.05, 0) is 99.2 Å². The molecule has 2 aliphatic heterocycles. The third-order valence-electron chi connectivity index (χ3n) is 10.7. The van der Waals surface area contributed by atoms with Gasteiger partial charge in [-0.3, -0.25) is 0 Å². The van der Waals surface area contributed by atoms with Crippen LogP contribution in [0.2, 0.25) is 5.02 Å². The second-order valence-electron chi connectivity index (χ2n) is 13.2. The molecule has 3 aromatic rings. The Morgan fingerprint density at radius 3 is 2.45 bits per heavy atom. The summed E-state index contributed by atoms with van der Waals surface area (Å²) in [5, 5.41) is 11.9. The van der Waals surface area contributed by atoms with Gasteiger partial charge in [0, 0.05) is 59.4 Å². The molecule has 5 nitrogen and oxygen atoms in total. The Bertz CT molecular complexity index is 1420. The van der Waals surface area contributed by atoms with Gasteiger partial charge in [0.15, 0.2) is 0 Å². The van der Waals surface area contributed by atoms with Crippen molar-refractivity contribution < 1.29 is 9.90 Å². The highest BCUT2D eigenvalue weighted by molar-refractivity contribution is 6.31. The van der Waals surface area contributed by atoms with Crippen LogP contribution in [0.15, 0.2) is 36.4 Å². The number of piperidine rings is 1. The normalized spacial score (nSPS) is 22.0. The number of carbonyl (C=O) groups is 1. The number of hydrogen-bond acceptors (Lipinski definition) is 3. The molecule has 6 heteroatoms. The highest BCUT2D eigenvalue weighted by atomic mass is 35.5. The maximum absolute atomic E-state index is 12.0. The number of carboxylic acids is 1. The summed E-state index contributed by atoms with van der Waals surface area (Å²) >= 11 is 6.68. The lowest BCUT2D eigenvalue weighted by Gasteiger charge is -2.37. The molecular weight excluding hydrogens is 542 g/mol. The Hall–Kier alpha value is -2.50. The maximum atomic E-state index is 12.0. The van der Waals surface area contributed by atoms with Gasteiger partial charge in [-0.15, -0.1) is 0 Å². The second kappa shape index (κ2) is 12.6. The third kappa shape index (κ3) is 5.59. The van der Waals surface area contributed by atoms with Crippen molar-refractivity contribution in [3.63, 3.8) is 0 Å². The number of fused-ring (bicyclic) bond motifs is 5. The van der Waals surface area contributed by atoms with E-state index in [1.165, 1.54) is 118 Å². The van der Waals surface area contributed by atoms with E-state index in [0.29, 0.717) is 11.5 Å². The Balaban J connectivity index is 0.00000316. The summed E-state index contributed by atoms with van der Waals surface area (Å²) in [6.45, 7) is 5.35. The molecule has 2 aromatic carbocycles. The van der Waals surface area contributed by atoms with Gasteiger partial charge in [0.05, 0.1) is 11.3 Å². The molecule has 226 valence electrons. The minimum atomic E-state index is -0.858. The molecular formula is C36H48ClN3O2. The van der Waals surface area contributed by atoms with Crippen LogP contribution in [0, 0.1) is 5.92 Å². The lowest BCUT2D eigenvalue weighted by molar-refractivity contribution is 0.0697. The van der Waals surface area contributed by atoms with Crippen molar-refractivity contribution >= 4 is 34.2 Å². The maximum Gasteiger partial charge on any atom is 0.335 e. The van der Waals surface area contributed by atoms with Crippen molar-refractivity contribution in [2.45, 2.75) is 103 Å². The Labute approximate surface area is 256 Å². The first kappa shape index (κ1) is 29.6. The highest BCUT2D eigenvalue weighted by Crippen LogP contribution is 2.48. The van der Waals surface area contributed by atoms with Gasteiger partial charge < -0.3 is 19.5 Å². The number of likely N-dealkylation sites (tertiary alicyclic amines) is 1. The highest BCUT2D eigenvalue weighted by Gasteiger charge is 2.32. The van der Waals surface area contributed by atoms with Crippen LogP contribution in [0.25, 0.3) is 22.2 Å². The molecule has 4 aliphatic rings. The van der Waals surface area contributed by atoms with Crippen LogP contribution < -0.4 is 4.90 Å². The number of benzene rings is 2. The van der Waals surface area contributed by atoms with Crippen molar-refractivity contribution in [3.05, 3.63) is 52.5 Å². The van der Waals surface area contributed by atoms with E-state index >= 15 is 0 Å². The fourth-order valence-corrected chi connectivity index (χ4v) is 8.82. The summed E-state index contributed by atoms with van der Waals surface area (Å²) < 4.78 is 2.45. The molecule has 1 N–H and O–H groups in total. The van der Waals surface area contributed by atoms with E-state index in [1.54, 1.807) is 6.07 Å². The molecule has 1 atom stereocenters. The summed E-state index contributed by atoms with van der Waals surface area (Å²) in [4.78, 5) is 17.4. The molecule has 0 bridgehead atoms. The monoisotopic (exact) mass is 589 g/mol. The van der Waals surface area contributed by atoms with Gasteiger partial charge in [-0.1, -0.05) is 57.2 Å². The zero-order valence-electron chi connectivity index (χ0n) is 24.3. The summed E-state index contributed by atoms with van der Waals surface area (Å²) in [5.41, 5.74) is 6.68. The standard InChI is InChI=1S/C35H44ClN3O2.CH4/c36-27-13-15-30-31(22-27)37(18-16-24-7-6-17-38(23-24)28-10-4-5-11-28)19-20-39-32-21-26(35(40)41)12-14-29(32)33(34(30)39)25-8-2-1-3-9-25;/h12-15,21-22,24-25,28H,1-11,16-20,23H2,(H,40,41);1H4/t24-;/m0./s1. The number of nitrogens with zero attached hydrogens (tertiary/aromatic N) is 3. The molecule has 0 radical (unpaired) electrons. The molecule has 1 saturated heterocycles. The molecule has 2 saturated carbocycles. The van der Waals surface area contributed by atoms with Crippen LogP contribution >= 0.6 is 11.6 Å². The zero-order valence-corrected chi connectivity index (χ0v) is 25.0. The lowest BCUT2D eigenvalue weighted by Crippen LogP contribution is -2.42. The first-order chi connectivity index (χ1) is 20.1. The summed E-state index contributed by atoms with van der Waals surface area (Å²) in [5.74, 6) is 0.409. The molecule has 0 amide bonds. The van der Waals surface area contributed by atoms with Crippen LogP contribution in [-0.4, -0.2) is 52.8 Å². The third-order valence-corrected chi connectivity index (χ3v) is 10.9. The van der Waals surface area contributed by atoms with E-state index < -0.39 is 5.97 Å². The van der Waals surface area contributed by atoms with Crippen molar-refractivity contribution in [1.29, 1.82) is 0 Å². The topological polar surface area (TPSA) is 48.7 Å². The average Bonchev–Trinajstić information content (AvgIpc) is 3.61. The van der Waals surface area contributed by atoms with Crippen LogP contribution in [-0.2, 0) is 6.54 Å². The molecule has 7 rings (SSSR count). The van der Waals surface area contributed by atoms with Gasteiger partial charge in [0.1, 0.15) is 0 Å². The quantitative estimate of drug-likeness (QED) is 0.311. The first-order valence-corrected chi connectivity index (χ1v) is 16.6. The van der Waals surface area contributed by atoms with E-state index in [-0.39, 0.29) is 7.43 Å². The Morgan fingerprint density at radius 1 is 0.881 bits per heavy atom. The van der Waals surface area contributed by atoms with Gasteiger partial charge in [0.2, 0.25) is 0 Å². The van der Waals surface area contributed by atoms with Gasteiger partial charge in [0.25, 0.3) is 0 Å². The minimum absolute atomic E-state index is 0. The van der Waals surface area contributed by atoms with Crippen molar-refractivity contribution in [3.8, 4) is 11.3 Å². The van der Waals surface area contributed by atoms with E-state index in [4.69, 9.17) is 11.6 Å². The molecule has 42 heavy (non-hydrogen) atoms. The van der Waals surface area contributed by atoms with Gasteiger partial charge in [-0.25, -0.2) is 4.79 Å². The zero-order chi connectivity index (χ0) is 27.9. The molecule has 3 heterocycles. The average molecular weight is 590 g/mol. The van der Waals surface area contributed by atoms with E-state index in [2.05, 4.69) is 32.6 Å². The van der Waals surface area contributed by atoms with Crippen LogP contribution in [0.4, 0.5) is 5.69 Å². The molecule has 1 aromatic heterocycles. The number of aromatic carboxylic acids is 1. The predicted molar refractivity (Wildman–Crippen MR) is 175 cm³/mol. The van der Waals surface area contributed by atoms with Crippen LogP contribution in [0.1, 0.15) is 106 Å². The molecule has 2 aliphatic carbocycles. The fourth-order valence-electron chi connectivity index (χ4n) is 8.65. The number of carboxylic acid groups (broad SMARTS) is 1. The Kier molecular flexibility index (Phi) is 8.88. The lowest BCUT2D eigenvalue weighted by atomic mass is 9.81. The van der Waals surface area contributed by atoms with Crippen LogP contribution in [0.3, 0.4) is 0 Å². The van der Waals surface area contributed by atoms with E-state index in [1.807, 2.05) is 12.1 Å². The Morgan fingerprint density at radius 2 is 1.67 bits per heavy atom. The summed E-state index contributed by atoms with van der Waals surface area (Å²) in [6, 6.07) is 13.1. The number of aromatic nitrogens is 1. The fraction of sp³-hybridized carbons (Fsp3) is 0.583. The minimum Gasteiger partial charge on any atom is -0.478 e. The number of halogens is 1. The van der Waals surface area contributed by atoms with Crippen molar-refractivity contribution in [1.82, 2.24) is 9.47 Å². The largest absolute Gasteiger partial charge is 0.478 e. The van der Waals surface area contributed by atoms with E-state index in [9.17, 15) is 9.90 Å².